The minimum absolute atomic E-state index is 0.440. The van der Waals surface area contributed by atoms with Crippen LogP contribution >= 0.6 is 22.9 Å². The molecule has 3 nitrogen and oxygen atoms in total. The van der Waals surface area contributed by atoms with E-state index in [1.165, 1.54) is 4.88 Å². The lowest BCUT2D eigenvalue weighted by Crippen LogP contribution is -2.22. The molecule has 2 rings (SSSR count). The van der Waals surface area contributed by atoms with Gasteiger partial charge in [0.15, 0.2) is 0 Å². The number of rotatable bonds is 5. The Morgan fingerprint density at radius 3 is 2.76 bits per heavy atom. The van der Waals surface area contributed by atoms with Gasteiger partial charge in [-0.15, -0.1) is 11.3 Å². The predicted molar refractivity (Wildman–Crippen MR) is 71.1 cm³/mol. The molecule has 5 heteroatoms. The number of halogens is 1. The molecule has 0 aliphatic rings. The summed E-state index contributed by atoms with van der Waals surface area (Å²) in [6.07, 6.45) is 3.33. The highest BCUT2D eigenvalue weighted by molar-refractivity contribution is 7.09. The molecule has 2 aromatic rings. The van der Waals surface area contributed by atoms with E-state index in [-0.39, 0.29) is 0 Å². The van der Waals surface area contributed by atoms with Gasteiger partial charge in [0.2, 0.25) is 0 Å². The number of hydrogen-bond acceptors (Lipinski definition) is 4. The van der Waals surface area contributed by atoms with Crippen LogP contribution in [0.15, 0.2) is 29.9 Å². The summed E-state index contributed by atoms with van der Waals surface area (Å²) in [7, 11) is 0. The first-order chi connectivity index (χ1) is 8.28. The smallest absolute Gasteiger partial charge is 0.147 e. The fourth-order valence-corrected chi connectivity index (χ4v) is 2.40. The molecule has 0 aromatic carbocycles. The lowest BCUT2D eigenvalue weighted by Gasteiger charge is -2.18. The molecular formula is C12H14ClN3S. The minimum atomic E-state index is 0.440. The number of aromatic nitrogens is 2. The van der Waals surface area contributed by atoms with Crippen LogP contribution in [0.5, 0.6) is 0 Å². The van der Waals surface area contributed by atoms with Crippen LogP contribution in [0.2, 0.25) is 5.15 Å². The molecule has 0 atom stereocenters. The Morgan fingerprint density at radius 2 is 2.18 bits per heavy atom. The number of nitrogens with zero attached hydrogens (tertiary/aromatic N) is 3. The van der Waals surface area contributed by atoms with Gasteiger partial charge in [-0.1, -0.05) is 24.6 Å². The molecule has 0 spiro atoms. The van der Waals surface area contributed by atoms with Gasteiger partial charge >= 0.3 is 0 Å². The molecule has 0 aliphatic carbocycles. The maximum atomic E-state index is 5.71. The summed E-state index contributed by atoms with van der Waals surface area (Å²) in [4.78, 5) is 12.0. The van der Waals surface area contributed by atoms with Crippen molar-refractivity contribution in [1.29, 1.82) is 0 Å². The summed E-state index contributed by atoms with van der Waals surface area (Å²) in [5, 5.41) is 2.54. The van der Waals surface area contributed by atoms with Crippen LogP contribution in [0.4, 0.5) is 0 Å². The standard InChI is InChI=1S/C12H14ClN3S/c1-2-16(9-11-4-3-5-17-11)8-10-6-15-12(13)7-14-10/h3-7H,2,8-9H2,1H3. The van der Waals surface area contributed by atoms with Crippen molar-refractivity contribution in [2.45, 2.75) is 20.0 Å². The van der Waals surface area contributed by atoms with Crippen molar-refractivity contribution in [3.05, 3.63) is 45.6 Å². The molecule has 2 heterocycles. The van der Waals surface area contributed by atoms with E-state index in [2.05, 4.69) is 39.3 Å². The zero-order valence-corrected chi connectivity index (χ0v) is 11.2. The van der Waals surface area contributed by atoms with Crippen LogP contribution in [0, 0.1) is 0 Å². The fraction of sp³-hybridized carbons (Fsp3) is 0.333. The highest BCUT2D eigenvalue weighted by Crippen LogP contribution is 2.13. The third kappa shape index (κ3) is 3.77. The van der Waals surface area contributed by atoms with Gasteiger partial charge in [0, 0.05) is 18.0 Å². The first-order valence-electron chi connectivity index (χ1n) is 5.49. The summed E-state index contributed by atoms with van der Waals surface area (Å²) in [5.74, 6) is 0. The monoisotopic (exact) mass is 267 g/mol. The normalized spacial score (nSPS) is 11.0. The van der Waals surface area contributed by atoms with Gasteiger partial charge in [0.1, 0.15) is 5.15 Å². The van der Waals surface area contributed by atoms with E-state index in [1.807, 2.05) is 0 Å². The molecule has 0 bridgehead atoms. The van der Waals surface area contributed by atoms with Crippen LogP contribution in [-0.2, 0) is 13.1 Å². The lowest BCUT2D eigenvalue weighted by molar-refractivity contribution is 0.270. The molecule has 0 amide bonds. The molecule has 0 N–H and O–H groups in total. The average Bonchev–Trinajstić information content (AvgIpc) is 2.84. The van der Waals surface area contributed by atoms with E-state index in [1.54, 1.807) is 23.7 Å². The van der Waals surface area contributed by atoms with E-state index in [0.717, 1.165) is 25.3 Å². The van der Waals surface area contributed by atoms with Gasteiger partial charge in [-0.25, -0.2) is 4.98 Å². The summed E-state index contributed by atoms with van der Waals surface area (Å²) in [5.41, 5.74) is 0.952. The van der Waals surface area contributed by atoms with Crippen molar-refractivity contribution in [3.8, 4) is 0 Å². The van der Waals surface area contributed by atoms with E-state index in [0.29, 0.717) is 5.15 Å². The second-order valence-electron chi connectivity index (χ2n) is 3.71. The van der Waals surface area contributed by atoms with E-state index < -0.39 is 0 Å². The predicted octanol–water partition coefficient (Wildman–Crippen LogP) is 3.21. The van der Waals surface area contributed by atoms with Crippen molar-refractivity contribution in [1.82, 2.24) is 14.9 Å². The Balaban J connectivity index is 1.97. The second-order valence-corrected chi connectivity index (χ2v) is 5.13. The average molecular weight is 268 g/mol. The number of hydrogen-bond donors (Lipinski definition) is 0. The lowest BCUT2D eigenvalue weighted by atomic mass is 10.3. The van der Waals surface area contributed by atoms with Crippen molar-refractivity contribution < 1.29 is 0 Å². The highest BCUT2D eigenvalue weighted by atomic mass is 35.5. The molecule has 0 radical (unpaired) electrons. The van der Waals surface area contributed by atoms with Crippen molar-refractivity contribution in [2.75, 3.05) is 6.54 Å². The highest BCUT2D eigenvalue weighted by Gasteiger charge is 2.06. The van der Waals surface area contributed by atoms with Gasteiger partial charge in [-0.2, -0.15) is 0 Å². The first kappa shape index (κ1) is 12.5. The molecular weight excluding hydrogens is 254 g/mol. The second kappa shape index (κ2) is 6.10. The molecule has 0 saturated carbocycles. The Morgan fingerprint density at radius 1 is 1.29 bits per heavy atom. The topological polar surface area (TPSA) is 29.0 Å². The van der Waals surface area contributed by atoms with Crippen LogP contribution in [-0.4, -0.2) is 21.4 Å². The molecule has 90 valence electrons. The van der Waals surface area contributed by atoms with Crippen LogP contribution in [0.1, 0.15) is 17.5 Å². The fourth-order valence-electron chi connectivity index (χ4n) is 1.55. The Bertz CT molecular complexity index is 441. The van der Waals surface area contributed by atoms with E-state index in [4.69, 9.17) is 11.6 Å². The van der Waals surface area contributed by atoms with Gasteiger partial charge in [-0.05, 0) is 18.0 Å². The Hall–Kier alpha value is -0.970. The maximum absolute atomic E-state index is 5.71. The van der Waals surface area contributed by atoms with Crippen molar-refractivity contribution in [2.24, 2.45) is 0 Å². The Kier molecular flexibility index (Phi) is 4.48. The molecule has 0 saturated heterocycles. The molecule has 0 unspecified atom stereocenters. The zero-order chi connectivity index (χ0) is 12.1. The van der Waals surface area contributed by atoms with E-state index in [9.17, 15) is 0 Å². The van der Waals surface area contributed by atoms with Crippen LogP contribution in [0.3, 0.4) is 0 Å². The van der Waals surface area contributed by atoms with Crippen LogP contribution < -0.4 is 0 Å². The summed E-state index contributed by atoms with van der Waals surface area (Å²) < 4.78 is 0. The summed E-state index contributed by atoms with van der Waals surface area (Å²) >= 11 is 7.49. The van der Waals surface area contributed by atoms with Crippen LogP contribution in [0.25, 0.3) is 0 Å². The number of thiophene rings is 1. The molecule has 2 aromatic heterocycles. The summed E-state index contributed by atoms with van der Waals surface area (Å²) in [6.45, 7) is 4.90. The van der Waals surface area contributed by atoms with Gasteiger partial charge in [0.05, 0.1) is 18.1 Å². The SMILES string of the molecule is CCN(Cc1cnc(Cl)cn1)Cc1cccs1. The molecule has 17 heavy (non-hydrogen) atoms. The van der Waals surface area contributed by atoms with Gasteiger partial charge < -0.3 is 0 Å². The maximum Gasteiger partial charge on any atom is 0.147 e. The molecule has 0 aliphatic heterocycles. The quantitative estimate of drug-likeness (QED) is 0.833. The Labute approximate surface area is 110 Å². The summed E-state index contributed by atoms with van der Waals surface area (Å²) in [6, 6.07) is 4.23. The van der Waals surface area contributed by atoms with Crippen molar-refractivity contribution in [3.63, 3.8) is 0 Å². The largest absolute Gasteiger partial charge is 0.293 e. The molecule has 0 fully saturated rings. The van der Waals surface area contributed by atoms with E-state index >= 15 is 0 Å². The first-order valence-corrected chi connectivity index (χ1v) is 6.75. The third-order valence-electron chi connectivity index (χ3n) is 2.47. The minimum Gasteiger partial charge on any atom is -0.293 e. The third-order valence-corrected chi connectivity index (χ3v) is 3.52. The van der Waals surface area contributed by atoms with Gasteiger partial charge in [-0.3, -0.25) is 9.88 Å². The van der Waals surface area contributed by atoms with Gasteiger partial charge in [0.25, 0.3) is 0 Å². The zero-order valence-electron chi connectivity index (χ0n) is 9.64. The van der Waals surface area contributed by atoms with Crippen molar-refractivity contribution >= 4 is 22.9 Å².